The summed E-state index contributed by atoms with van der Waals surface area (Å²) in [4.78, 5) is 37.4. The van der Waals surface area contributed by atoms with E-state index in [9.17, 15) is 22.8 Å². The van der Waals surface area contributed by atoms with Crippen LogP contribution in [0.2, 0.25) is 0 Å². The monoisotopic (exact) mass is 451 g/mol. The molecule has 2 aliphatic heterocycles. The highest BCUT2D eigenvalue weighted by Crippen LogP contribution is 2.18. The summed E-state index contributed by atoms with van der Waals surface area (Å²) in [5, 5.41) is 5.42. The quantitative estimate of drug-likeness (QED) is 0.439. The maximum atomic E-state index is 12.7. The number of hydrogen-bond donors (Lipinski definition) is 3. The molecule has 0 spiro atoms. The second kappa shape index (κ2) is 10.2. The van der Waals surface area contributed by atoms with Crippen molar-refractivity contribution in [1.82, 2.24) is 19.8 Å². The van der Waals surface area contributed by atoms with Crippen molar-refractivity contribution in [3.8, 4) is 0 Å². The van der Waals surface area contributed by atoms with Crippen LogP contribution in [0.15, 0.2) is 29.2 Å². The van der Waals surface area contributed by atoms with E-state index in [0.717, 1.165) is 36.7 Å². The van der Waals surface area contributed by atoms with Crippen molar-refractivity contribution in [1.29, 1.82) is 0 Å². The van der Waals surface area contributed by atoms with Crippen molar-refractivity contribution >= 4 is 27.7 Å². The number of benzene rings is 1. The van der Waals surface area contributed by atoms with Gasteiger partial charge in [-0.05, 0) is 56.6 Å². The van der Waals surface area contributed by atoms with E-state index in [1.807, 2.05) is 0 Å². The zero-order valence-corrected chi connectivity index (χ0v) is 18.2. The number of hydrogen-bond acceptors (Lipinski definition) is 6. The average molecular weight is 452 g/mol. The van der Waals surface area contributed by atoms with Gasteiger partial charge in [-0.1, -0.05) is 0 Å². The molecule has 1 aromatic carbocycles. The van der Waals surface area contributed by atoms with Gasteiger partial charge in [-0.3, -0.25) is 14.4 Å². The maximum Gasteiger partial charge on any atom is 0.251 e. The molecule has 0 aliphatic carbocycles. The minimum atomic E-state index is -3.78. The number of nitrogens with one attached hydrogen (secondary N) is 2. The number of sulfonamides is 1. The predicted molar refractivity (Wildman–Crippen MR) is 114 cm³/mol. The molecular weight excluding hydrogens is 422 g/mol. The SMILES string of the molecule is NC(=O)[C@@H]1CCCN(CCCNC(=O)c2ccc(S(=O)(=O)N3CCNC(=O)C3)cc2)C1. The lowest BCUT2D eigenvalue weighted by molar-refractivity contribution is -0.123. The van der Waals surface area contributed by atoms with Crippen LogP contribution in [-0.2, 0) is 19.6 Å². The predicted octanol–water partition coefficient (Wildman–Crippen LogP) is -0.876. The molecule has 2 heterocycles. The zero-order chi connectivity index (χ0) is 22.4. The second-order valence-electron chi connectivity index (χ2n) is 7.86. The molecule has 3 rings (SSSR count). The van der Waals surface area contributed by atoms with Crippen molar-refractivity contribution in [2.24, 2.45) is 11.7 Å². The Morgan fingerprint density at radius 1 is 1.19 bits per heavy atom. The highest BCUT2D eigenvalue weighted by Gasteiger charge is 2.29. The van der Waals surface area contributed by atoms with Gasteiger partial charge in [0, 0.05) is 31.7 Å². The molecular formula is C20H29N5O5S. The molecule has 11 heteroatoms. The lowest BCUT2D eigenvalue weighted by Gasteiger charge is -2.31. The Labute approximate surface area is 182 Å². The van der Waals surface area contributed by atoms with Crippen LogP contribution in [0, 0.1) is 5.92 Å². The standard InChI is InChI=1S/C20H29N5O5S/c21-19(27)16-3-1-10-24(13-16)11-2-8-23-20(28)15-4-6-17(7-5-15)31(29,30)25-12-9-22-18(26)14-25/h4-7,16H,1-3,8-14H2,(H2,21,27)(H,22,26)(H,23,28)/t16-/m1/s1. The van der Waals surface area contributed by atoms with Gasteiger partial charge in [0.1, 0.15) is 0 Å². The van der Waals surface area contributed by atoms with Crippen molar-refractivity contribution in [2.75, 3.05) is 45.8 Å². The number of likely N-dealkylation sites (tertiary alicyclic amines) is 1. The molecule has 0 saturated carbocycles. The highest BCUT2D eigenvalue weighted by molar-refractivity contribution is 7.89. The summed E-state index contributed by atoms with van der Waals surface area (Å²) in [6, 6.07) is 5.70. The fourth-order valence-electron chi connectivity index (χ4n) is 3.85. The van der Waals surface area contributed by atoms with E-state index in [2.05, 4.69) is 15.5 Å². The van der Waals surface area contributed by atoms with Gasteiger partial charge < -0.3 is 21.3 Å². The number of nitrogens with zero attached hydrogens (tertiary/aromatic N) is 2. The highest BCUT2D eigenvalue weighted by atomic mass is 32.2. The molecule has 31 heavy (non-hydrogen) atoms. The summed E-state index contributed by atoms with van der Waals surface area (Å²) in [5.41, 5.74) is 5.76. The Kier molecular flexibility index (Phi) is 7.63. The van der Waals surface area contributed by atoms with Crippen molar-refractivity contribution in [3.63, 3.8) is 0 Å². The lowest BCUT2D eigenvalue weighted by atomic mass is 9.97. The van der Waals surface area contributed by atoms with Crippen LogP contribution in [0.1, 0.15) is 29.6 Å². The molecule has 3 amide bonds. The third kappa shape index (κ3) is 6.02. The first-order valence-corrected chi connectivity index (χ1v) is 11.9. The number of rotatable bonds is 8. The molecule has 0 aromatic heterocycles. The average Bonchev–Trinajstić information content (AvgIpc) is 2.77. The summed E-state index contributed by atoms with van der Waals surface area (Å²) < 4.78 is 26.4. The van der Waals surface area contributed by atoms with E-state index in [1.54, 1.807) is 0 Å². The van der Waals surface area contributed by atoms with E-state index in [-0.39, 0.29) is 48.2 Å². The molecule has 2 aliphatic rings. The summed E-state index contributed by atoms with van der Waals surface area (Å²) >= 11 is 0. The molecule has 10 nitrogen and oxygen atoms in total. The first-order chi connectivity index (χ1) is 14.8. The number of piperazine rings is 1. The summed E-state index contributed by atoms with van der Waals surface area (Å²) in [7, 11) is -3.78. The zero-order valence-electron chi connectivity index (χ0n) is 17.4. The smallest absolute Gasteiger partial charge is 0.251 e. The fraction of sp³-hybridized carbons (Fsp3) is 0.550. The van der Waals surface area contributed by atoms with E-state index >= 15 is 0 Å². The van der Waals surface area contributed by atoms with Gasteiger partial charge in [0.2, 0.25) is 21.8 Å². The van der Waals surface area contributed by atoms with Crippen LogP contribution < -0.4 is 16.4 Å². The van der Waals surface area contributed by atoms with Gasteiger partial charge in [-0.25, -0.2) is 8.42 Å². The Hall–Kier alpha value is -2.50. The van der Waals surface area contributed by atoms with Gasteiger partial charge in [0.05, 0.1) is 17.4 Å². The Morgan fingerprint density at radius 2 is 1.94 bits per heavy atom. The molecule has 0 unspecified atom stereocenters. The van der Waals surface area contributed by atoms with Gasteiger partial charge in [-0.2, -0.15) is 4.31 Å². The third-order valence-corrected chi connectivity index (χ3v) is 7.46. The van der Waals surface area contributed by atoms with Crippen LogP contribution in [0.3, 0.4) is 0 Å². The van der Waals surface area contributed by atoms with Gasteiger partial charge in [0.25, 0.3) is 5.91 Å². The topological polar surface area (TPSA) is 142 Å². The third-order valence-electron chi connectivity index (χ3n) is 5.60. The van der Waals surface area contributed by atoms with Crippen LogP contribution in [0.25, 0.3) is 0 Å². The molecule has 2 fully saturated rings. The molecule has 0 bridgehead atoms. The first-order valence-electron chi connectivity index (χ1n) is 10.4. The number of carbonyl (C=O) groups excluding carboxylic acids is 3. The van der Waals surface area contributed by atoms with Crippen LogP contribution in [0.5, 0.6) is 0 Å². The lowest BCUT2D eigenvalue weighted by Crippen LogP contribution is -2.49. The van der Waals surface area contributed by atoms with Crippen LogP contribution in [-0.4, -0.2) is 81.2 Å². The van der Waals surface area contributed by atoms with E-state index < -0.39 is 10.0 Å². The molecule has 2 saturated heterocycles. The van der Waals surface area contributed by atoms with Crippen LogP contribution >= 0.6 is 0 Å². The summed E-state index contributed by atoms with van der Waals surface area (Å²) in [6.07, 6.45) is 2.51. The minimum Gasteiger partial charge on any atom is -0.369 e. The first kappa shape index (κ1) is 23.2. The largest absolute Gasteiger partial charge is 0.369 e. The van der Waals surface area contributed by atoms with Gasteiger partial charge in [0.15, 0.2) is 0 Å². The summed E-state index contributed by atoms with van der Waals surface area (Å²) in [6.45, 7) is 3.11. The Balaban J connectivity index is 1.47. The Bertz CT molecular complexity index is 918. The number of piperidine rings is 1. The normalized spacial score (nSPS) is 20.8. The van der Waals surface area contributed by atoms with Crippen molar-refractivity contribution in [3.05, 3.63) is 29.8 Å². The van der Waals surface area contributed by atoms with E-state index in [4.69, 9.17) is 5.73 Å². The maximum absolute atomic E-state index is 12.7. The Morgan fingerprint density at radius 3 is 2.61 bits per heavy atom. The number of carbonyl (C=O) groups is 3. The number of primary amides is 1. The van der Waals surface area contributed by atoms with Gasteiger partial charge in [-0.15, -0.1) is 0 Å². The minimum absolute atomic E-state index is 0.0489. The molecule has 4 N–H and O–H groups in total. The number of nitrogens with two attached hydrogens (primary N) is 1. The van der Waals surface area contributed by atoms with Crippen LogP contribution in [0.4, 0.5) is 0 Å². The molecule has 170 valence electrons. The summed E-state index contributed by atoms with van der Waals surface area (Å²) in [5.74, 6) is -0.972. The second-order valence-corrected chi connectivity index (χ2v) is 9.80. The van der Waals surface area contributed by atoms with Gasteiger partial charge >= 0.3 is 0 Å². The molecule has 1 atom stereocenters. The van der Waals surface area contributed by atoms with E-state index in [0.29, 0.717) is 18.7 Å². The fourth-order valence-corrected chi connectivity index (χ4v) is 5.24. The number of amides is 3. The van der Waals surface area contributed by atoms with Crippen molar-refractivity contribution in [2.45, 2.75) is 24.2 Å². The molecule has 1 aromatic rings. The van der Waals surface area contributed by atoms with E-state index in [1.165, 1.54) is 24.3 Å². The molecule has 0 radical (unpaired) electrons. The van der Waals surface area contributed by atoms with Crippen molar-refractivity contribution < 1.29 is 22.8 Å².